The van der Waals surface area contributed by atoms with Crippen LogP contribution in [0.5, 0.6) is 0 Å². The van der Waals surface area contributed by atoms with E-state index in [9.17, 15) is 33.9 Å². The lowest BCUT2D eigenvalue weighted by Crippen LogP contribution is -2.61. The predicted octanol–water partition coefficient (Wildman–Crippen LogP) is -6.69. The molecule has 6 amide bonds. The Kier molecular flexibility index (Phi) is 12.2. The van der Waals surface area contributed by atoms with Crippen LogP contribution in [-0.2, 0) is 24.0 Å². The first-order chi connectivity index (χ1) is 14.8. The summed E-state index contributed by atoms with van der Waals surface area (Å²) < 4.78 is 0. The summed E-state index contributed by atoms with van der Waals surface area (Å²) in [4.78, 5) is 69.9. The SMILES string of the molecule is CC(O)[C@H](NC(=O)N[C@@H](CO)C(=O)O)C(=O)NNC(=O)[C@H](CC(N)=O)NC(=O)[C@@H](N)CO. The van der Waals surface area contributed by atoms with Crippen molar-refractivity contribution in [3.05, 3.63) is 0 Å². The van der Waals surface area contributed by atoms with Gasteiger partial charge in [-0.15, -0.1) is 0 Å². The van der Waals surface area contributed by atoms with Crippen LogP contribution in [0.4, 0.5) is 4.79 Å². The molecule has 13 N–H and O–H groups in total. The molecule has 0 aliphatic carbocycles. The monoisotopic (exact) mass is 465 g/mol. The summed E-state index contributed by atoms with van der Waals surface area (Å²) in [6.07, 6.45) is -2.22. The number of carbonyl (C=O) groups excluding carboxylic acids is 5. The van der Waals surface area contributed by atoms with Crippen LogP contribution in [0.3, 0.4) is 0 Å². The average molecular weight is 465 g/mol. The largest absolute Gasteiger partial charge is 0.480 e. The summed E-state index contributed by atoms with van der Waals surface area (Å²) in [6.45, 7) is -0.604. The molecule has 0 saturated carbocycles. The van der Waals surface area contributed by atoms with E-state index < -0.39 is 85.5 Å². The Hall–Kier alpha value is -3.54. The molecular formula is C15H27N7O10. The fourth-order valence-corrected chi connectivity index (χ4v) is 1.99. The van der Waals surface area contributed by atoms with Crippen LogP contribution in [0.25, 0.3) is 0 Å². The quantitative estimate of drug-likeness (QED) is 0.120. The van der Waals surface area contributed by atoms with Gasteiger partial charge in [-0.05, 0) is 6.92 Å². The number of nitrogens with one attached hydrogen (secondary N) is 5. The van der Waals surface area contributed by atoms with Crippen LogP contribution < -0.4 is 38.3 Å². The maximum atomic E-state index is 12.2. The third-order valence-corrected chi connectivity index (χ3v) is 3.72. The van der Waals surface area contributed by atoms with E-state index in [1.54, 1.807) is 0 Å². The third kappa shape index (κ3) is 9.98. The fraction of sp³-hybridized carbons (Fsp3) is 0.600. The molecular weight excluding hydrogens is 438 g/mol. The van der Waals surface area contributed by atoms with Crippen molar-refractivity contribution in [1.29, 1.82) is 0 Å². The zero-order valence-electron chi connectivity index (χ0n) is 16.9. The van der Waals surface area contributed by atoms with E-state index in [4.69, 9.17) is 26.8 Å². The lowest BCUT2D eigenvalue weighted by atomic mass is 10.1. The van der Waals surface area contributed by atoms with Crippen LogP contribution in [0, 0.1) is 0 Å². The molecule has 0 rings (SSSR count). The van der Waals surface area contributed by atoms with Crippen molar-refractivity contribution >= 4 is 35.6 Å². The van der Waals surface area contributed by atoms with Crippen LogP contribution in [0.2, 0.25) is 0 Å². The van der Waals surface area contributed by atoms with Gasteiger partial charge in [0.1, 0.15) is 18.1 Å². The van der Waals surface area contributed by atoms with Gasteiger partial charge in [0.15, 0.2) is 6.04 Å². The molecule has 0 aromatic rings. The van der Waals surface area contributed by atoms with Gasteiger partial charge < -0.3 is 47.8 Å². The second-order valence-corrected chi connectivity index (χ2v) is 6.41. The normalized spacial score (nSPS) is 15.2. The van der Waals surface area contributed by atoms with Gasteiger partial charge in [-0.25, -0.2) is 9.59 Å². The number of aliphatic hydroxyl groups is 3. The molecule has 0 aromatic carbocycles. The summed E-state index contributed by atoms with van der Waals surface area (Å²) >= 11 is 0. The van der Waals surface area contributed by atoms with Gasteiger partial charge in [0.05, 0.1) is 25.7 Å². The van der Waals surface area contributed by atoms with Crippen LogP contribution in [0.15, 0.2) is 0 Å². The summed E-state index contributed by atoms with van der Waals surface area (Å²) in [7, 11) is 0. The molecule has 0 spiro atoms. The van der Waals surface area contributed by atoms with E-state index in [-0.39, 0.29) is 0 Å². The standard InChI is InChI=1S/C15H27N7O10/c1-5(25)10(20-15(32)19-8(4-24)14(30)31)13(29)22-21-12(28)7(2-9(17)26)18-11(27)6(16)3-23/h5-8,10,23-25H,2-4,16H2,1H3,(H2,17,26)(H,18,27)(H,21,28)(H,22,29)(H,30,31)(H2,19,20,32)/t5?,6-,7-,8-,10-/m0/s1. The minimum absolute atomic E-state index is 0.691. The highest BCUT2D eigenvalue weighted by atomic mass is 16.4. The first kappa shape index (κ1) is 28.5. The number of aliphatic hydroxyl groups excluding tert-OH is 3. The lowest BCUT2D eigenvalue weighted by molar-refractivity contribution is -0.140. The molecule has 0 bridgehead atoms. The first-order valence-corrected chi connectivity index (χ1v) is 8.97. The smallest absolute Gasteiger partial charge is 0.328 e. The molecule has 0 radical (unpaired) electrons. The molecule has 17 nitrogen and oxygen atoms in total. The second-order valence-electron chi connectivity index (χ2n) is 6.41. The number of carboxylic acids is 1. The minimum Gasteiger partial charge on any atom is -0.480 e. The fourth-order valence-electron chi connectivity index (χ4n) is 1.99. The number of amides is 6. The number of hydrazine groups is 1. The van der Waals surface area contributed by atoms with Gasteiger partial charge in [0.2, 0.25) is 11.8 Å². The summed E-state index contributed by atoms with van der Waals surface area (Å²) in [5.74, 6) is -5.84. The molecule has 5 atom stereocenters. The number of aliphatic carboxylic acids is 1. The van der Waals surface area contributed by atoms with E-state index in [1.807, 2.05) is 26.8 Å². The van der Waals surface area contributed by atoms with Crippen molar-refractivity contribution < 1.29 is 49.2 Å². The zero-order valence-corrected chi connectivity index (χ0v) is 16.9. The molecule has 0 fully saturated rings. The first-order valence-electron chi connectivity index (χ1n) is 8.97. The Labute approximate surface area is 180 Å². The Bertz CT molecular complexity index is 717. The average Bonchev–Trinajstić information content (AvgIpc) is 2.71. The van der Waals surface area contributed by atoms with Gasteiger partial charge in [-0.2, -0.15) is 0 Å². The number of nitrogens with two attached hydrogens (primary N) is 2. The molecule has 0 aliphatic heterocycles. The number of rotatable bonds is 12. The third-order valence-electron chi connectivity index (χ3n) is 3.72. The van der Waals surface area contributed by atoms with Crippen molar-refractivity contribution in [2.75, 3.05) is 13.2 Å². The Morgan fingerprint density at radius 1 is 0.844 bits per heavy atom. The highest BCUT2D eigenvalue weighted by molar-refractivity contribution is 5.95. The van der Waals surface area contributed by atoms with E-state index in [0.717, 1.165) is 6.92 Å². The maximum Gasteiger partial charge on any atom is 0.328 e. The van der Waals surface area contributed by atoms with Gasteiger partial charge in [-0.3, -0.25) is 30.0 Å². The Morgan fingerprint density at radius 2 is 1.41 bits per heavy atom. The molecule has 0 aromatic heterocycles. The molecule has 1 unspecified atom stereocenters. The topological polar surface area (TPSA) is 296 Å². The van der Waals surface area contributed by atoms with Crippen molar-refractivity contribution in [3.8, 4) is 0 Å². The molecule has 0 aliphatic rings. The molecule has 32 heavy (non-hydrogen) atoms. The lowest BCUT2D eigenvalue weighted by Gasteiger charge is -2.23. The number of hydrogen-bond acceptors (Lipinski definition) is 10. The second kappa shape index (κ2) is 13.7. The van der Waals surface area contributed by atoms with Crippen molar-refractivity contribution in [2.45, 2.75) is 43.6 Å². The van der Waals surface area contributed by atoms with E-state index >= 15 is 0 Å². The van der Waals surface area contributed by atoms with Crippen LogP contribution >= 0.6 is 0 Å². The van der Waals surface area contributed by atoms with Crippen molar-refractivity contribution in [2.24, 2.45) is 11.5 Å². The maximum absolute atomic E-state index is 12.2. The number of carboxylic acid groups (broad SMARTS) is 1. The van der Waals surface area contributed by atoms with E-state index in [2.05, 4.69) is 0 Å². The van der Waals surface area contributed by atoms with Gasteiger partial charge >= 0.3 is 12.0 Å². The number of hydrogen-bond donors (Lipinski definition) is 11. The van der Waals surface area contributed by atoms with Gasteiger partial charge in [0, 0.05) is 0 Å². The highest BCUT2D eigenvalue weighted by Crippen LogP contribution is 1.96. The number of carbonyl (C=O) groups is 6. The molecule has 17 heteroatoms. The van der Waals surface area contributed by atoms with Gasteiger partial charge in [-0.1, -0.05) is 0 Å². The minimum atomic E-state index is -1.70. The van der Waals surface area contributed by atoms with E-state index in [1.165, 1.54) is 0 Å². The summed E-state index contributed by atoms with van der Waals surface area (Å²) in [6, 6.07) is -7.59. The highest BCUT2D eigenvalue weighted by Gasteiger charge is 2.30. The zero-order chi connectivity index (χ0) is 25.0. The molecule has 0 saturated heterocycles. The van der Waals surface area contributed by atoms with Gasteiger partial charge in [0.25, 0.3) is 11.8 Å². The van der Waals surface area contributed by atoms with Crippen molar-refractivity contribution in [1.82, 2.24) is 26.8 Å². The van der Waals surface area contributed by atoms with E-state index in [0.29, 0.717) is 0 Å². The van der Waals surface area contributed by atoms with Crippen LogP contribution in [-0.4, -0.2) is 99.5 Å². The molecule has 0 heterocycles. The Morgan fingerprint density at radius 3 is 1.84 bits per heavy atom. The predicted molar refractivity (Wildman–Crippen MR) is 103 cm³/mol. The summed E-state index contributed by atoms with van der Waals surface area (Å²) in [5.41, 5.74) is 14.0. The number of primary amides is 1. The summed E-state index contributed by atoms with van der Waals surface area (Å²) in [5, 5.41) is 42.1. The van der Waals surface area contributed by atoms with Crippen molar-refractivity contribution in [3.63, 3.8) is 0 Å². The Balaban J connectivity index is 5.08. The van der Waals surface area contributed by atoms with Crippen LogP contribution in [0.1, 0.15) is 13.3 Å². The number of urea groups is 1. The molecule has 182 valence electrons.